The van der Waals surface area contributed by atoms with Gasteiger partial charge in [-0.1, -0.05) is 140 Å². The van der Waals surface area contributed by atoms with Gasteiger partial charge in [-0.05, 0) is 71.0 Å². The van der Waals surface area contributed by atoms with Crippen molar-refractivity contribution in [2.75, 3.05) is 0 Å². The molecule has 0 spiro atoms. The molecule has 4 rings (SSSR count). The Morgan fingerprint density at radius 2 is 0.733 bits per heavy atom. The number of carbonyl (C=O) groups is 2. The van der Waals surface area contributed by atoms with Crippen molar-refractivity contribution in [1.29, 1.82) is 0 Å². The van der Waals surface area contributed by atoms with Crippen LogP contribution in [-0.4, -0.2) is 34.4 Å². The summed E-state index contributed by atoms with van der Waals surface area (Å²) < 4.78 is 9.80. The highest BCUT2D eigenvalue weighted by Crippen LogP contribution is 2.45. The highest BCUT2D eigenvalue weighted by Gasteiger charge is 2.44. The highest BCUT2D eigenvalue weighted by atomic mass is 35.5. The summed E-state index contributed by atoms with van der Waals surface area (Å²) in [6, 6.07) is -0.505. The number of cyclic esters (lactones) is 2. The van der Waals surface area contributed by atoms with E-state index in [1.165, 1.54) is 0 Å². The number of alkyl halides is 2. The molecular formula is C37H72Cl2N2O4. The Balaban J connectivity index is 0.000000571. The van der Waals surface area contributed by atoms with Crippen LogP contribution in [0.15, 0.2) is 0 Å². The largest absolute Gasteiger partial charge is 0.429 e. The number of halogens is 2. The summed E-state index contributed by atoms with van der Waals surface area (Å²) in [6.07, 6.45) is 1.86. The van der Waals surface area contributed by atoms with Gasteiger partial charge in [-0.15, -0.1) is 0 Å². The standard InChI is InChI=1S/2C10H20.2C8H14ClNO2.CH4/c2*1-6-7(2)9(4)10(5)8(6)3;2*1-4-5(2)6-7(11)12-8(3,9)10-6;/h2*6-10H,1-5H3;2*5-6,10H,4H2,1-3H3;1H4/t;;5?,6-,8+;5?,6-,8-;/m..00./s1. The number of nitrogens with one attached hydrogen (secondary N) is 2. The van der Waals surface area contributed by atoms with E-state index in [0.29, 0.717) is 0 Å². The fourth-order valence-corrected chi connectivity index (χ4v) is 7.63. The van der Waals surface area contributed by atoms with E-state index in [1.807, 2.05) is 27.7 Å². The van der Waals surface area contributed by atoms with E-state index in [2.05, 4.69) is 79.9 Å². The molecule has 0 amide bonds. The second-order valence-electron chi connectivity index (χ2n) is 15.3. The summed E-state index contributed by atoms with van der Waals surface area (Å²) in [5, 5.41) is 3.83. The zero-order valence-electron chi connectivity index (χ0n) is 30.9. The number of esters is 2. The first-order chi connectivity index (χ1) is 20.0. The lowest BCUT2D eigenvalue weighted by molar-refractivity contribution is -0.145. The van der Waals surface area contributed by atoms with Crippen LogP contribution in [0.1, 0.15) is 131 Å². The van der Waals surface area contributed by atoms with E-state index in [4.69, 9.17) is 32.7 Å². The van der Waals surface area contributed by atoms with Gasteiger partial charge >= 0.3 is 11.9 Å². The van der Waals surface area contributed by atoms with Gasteiger partial charge in [0.2, 0.25) is 10.4 Å². The van der Waals surface area contributed by atoms with Gasteiger partial charge in [0.15, 0.2) is 0 Å². The quantitative estimate of drug-likeness (QED) is 0.175. The van der Waals surface area contributed by atoms with Crippen molar-refractivity contribution < 1.29 is 19.1 Å². The van der Waals surface area contributed by atoms with Gasteiger partial charge in [0, 0.05) is 13.8 Å². The van der Waals surface area contributed by atoms with E-state index in [0.717, 1.165) is 72.0 Å². The maximum Gasteiger partial charge on any atom is 0.326 e. The minimum atomic E-state index is -1.01. The molecule has 0 aromatic carbocycles. The topological polar surface area (TPSA) is 76.7 Å². The van der Waals surface area contributed by atoms with E-state index in [1.54, 1.807) is 13.8 Å². The number of rotatable bonds is 4. The molecule has 2 N–H and O–H groups in total. The molecule has 2 unspecified atom stereocenters. The molecule has 45 heavy (non-hydrogen) atoms. The lowest BCUT2D eigenvalue weighted by Crippen LogP contribution is -2.40. The van der Waals surface area contributed by atoms with Crippen LogP contribution in [0.25, 0.3) is 0 Å². The van der Waals surface area contributed by atoms with Crippen molar-refractivity contribution in [3.8, 4) is 0 Å². The number of carbonyl (C=O) groups excluding carboxylic acids is 2. The van der Waals surface area contributed by atoms with Gasteiger partial charge in [-0.25, -0.2) is 0 Å². The molecule has 0 bridgehead atoms. The van der Waals surface area contributed by atoms with Gasteiger partial charge in [-0.2, -0.15) is 0 Å². The molecular weight excluding hydrogens is 607 g/mol. The average molecular weight is 680 g/mol. The van der Waals surface area contributed by atoms with E-state index < -0.39 is 10.4 Å². The summed E-state index contributed by atoms with van der Waals surface area (Å²) in [7, 11) is 0. The molecule has 0 aromatic rings. The molecule has 6 atom stereocenters. The van der Waals surface area contributed by atoms with Crippen LogP contribution in [0.5, 0.6) is 0 Å². The van der Waals surface area contributed by atoms with Crippen molar-refractivity contribution in [2.24, 2.45) is 71.0 Å². The molecule has 2 aliphatic heterocycles. The Bertz CT molecular complexity index is 753. The molecule has 0 radical (unpaired) electrons. The normalized spacial score (nSPS) is 44.9. The van der Waals surface area contributed by atoms with Crippen molar-refractivity contribution in [2.45, 2.75) is 154 Å². The minimum absolute atomic E-state index is 0. The number of ether oxygens (including phenoxy) is 2. The first kappa shape index (κ1) is 44.4. The maximum atomic E-state index is 11.2. The van der Waals surface area contributed by atoms with Gasteiger partial charge < -0.3 is 9.47 Å². The minimum Gasteiger partial charge on any atom is -0.429 e. The lowest BCUT2D eigenvalue weighted by Gasteiger charge is -2.16. The first-order valence-corrected chi connectivity index (χ1v) is 18.2. The van der Waals surface area contributed by atoms with Crippen LogP contribution >= 0.6 is 23.2 Å². The van der Waals surface area contributed by atoms with E-state index in [9.17, 15) is 9.59 Å². The smallest absolute Gasteiger partial charge is 0.326 e. The summed E-state index contributed by atoms with van der Waals surface area (Å²) >= 11 is 11.6. The SMILES string of the molecule is C.CC1C(C)C(C)C(C)C1C.CC1C(C)C(C)C(C)C1C.CCC(C)[C@@H]1N[C@@](C)(Cl)OC1=O.CCC(C)[C@@H]1N[C@](C)(Cl)OC1=O. The summed E-state index contributed by atoms with van der Waals surface area (Å²) in [5.41, 5.74) is 0. The van der Waals surface area contributed by atoms with Crippen LogP contribution < -0.4 is 10.6 Å². The number of hydrogen-bond donors (Lipinski definition) is 2. The van der Waals surface area contributed by atoms with Crippen LogP contribution in [0.3, 0.4) is 0 Å². The summed E-state index contributed by atoms with van der Waals surface area (Å²) in [6.45, 7) is 35.3. The van der Waals surface area contributed by atoms with Crippen molar-refractivity contribution >= 4 is 35.1 Å². The van der Waals surface area contributed by atoms with Gasteiger partial charge in [0.05, 0.1) is 0 Å². The monoisotopic (exact) mass is 678 g/mol. The average Bonchev–Trinajstić information content (AvgIpc) is 3.53. The lowest BCUT2D eigenvalue weighted by atomic mass is 9.92. The second kappa shape index (κ2) is 18.3. The molecule has 4 fully saturated rings. The predicted octanol–water partition coefficient (Wildman–Crippen LogP) is 9.92. The first-order valence-electron chi connectivity index (χ1n) is 17.4. The van der Waals surface area contributed by atoms with Gasteiger partial charge in [0.1, 0.15) is 12.1 Å². The molecule has 2 heterocycles. The van der Waals surface area contributed by atoms with Gasteiger partial charge in [-0.3, -0.25) is 20.2 Å². The molecule has 2 aliphatic carbocycles. The Morgan fingerprint density at radius 3 is 0.844 bits per heavy atom. The maximum absolute atomic E-state index is 11.2. The van der Waals surface area contributed by atoms with Crippen molar-refractivity contribution in [3.05, 3.63) is 0 Å². The van der Waals surface area contributed by atoms with Crippen molar-refractivity contribution in [1.82, 2.24) is 10.6 Å². The van der Waals surface area contributed by atoms with Gasteiger partial charge in [0.25, 0.3) is 0 Å². The Morgan fingerprint density at radius 1 is 0.556 bits per heavy atom. The Labute approximate surface area is 288 Å². The molecule has 6 nitrogen and oxygen atoms in total. The zero-order chi connectivity index (χ0) is 34.5. The predicted molar refractivity (Wildman–Crippen MR) is 192 cm³/mol. The Kier molecular flexibility index (Phi) is 18.0. The van der Waals surface area contributed by atoms with E-state index >= 15 is 0 Å². The molecule has 268 valence electrons. The van der Waals surface area contributed by atoms with Crippen LogP contribution in [0.2, 0.25) is 0 Å². The van der Waals surface area contributed by atoms with E-state index in [-0.39, 0.29) is 43.3 Å². The van der Waals surface area contributed by atoms with Crippen molar-refractivity contribution in [3.63, 3.8) is 0 Å². The molecule has 4 aliphatic rings. The summed E-state index contributed by atoms with van der Waals surface area (Å²) in [4.78, 5) is 22.4. The van der Waals surface area contributed by atoms with Crippen LogP contribution in [-0.2, 0) is 19.1 Å². The zero-order valence-corrected chi connectivity index (χ0v) is 32.4. The van der Waals surface area contributed by atoms with Crippen LogP contribution in [0, 0.1) is 71.0 Å². The second-order valence-corrected chi connectivity index (χ2v) is 16.7. The van der Waals surface area contributed by atoms with Crippen LogP contribution in [0.4, 0.5) is 0 Å². The third-order valence-electron chi connectivity index (χ3n) is 12.6. The highest BCUT2D eigenvalue weighted by molar-refractivity contribution is 6.24. The molecule has 8 heteroatoms. The molecule has 0 aromatic heterocycles. The number of hydrogen-bond acceptors (Lipinski definition) is 6. The molecule has 2 saturated carbocycles. The third kappa shape index (κ3) is 11.8. The fourth-order valence-electron chi connectivity index (χ4n) is 7.25. The fraction of sp³-hybridized carbons (Fsp3) is 0.946. The Hall–Kier alpha value is -0.560. The summed E-state index contributed by atoms with van der Waals surface area (Å²) in [5.74, 6) is 9.38. The third-order valence-corrected chi connectivity index (χ3v) is 13.0. The molecule has 2 saturated heterocycles.